The third-order valence-corrected chi connectivity index (χ3v) is 3.30. The second-order valence-corrected chi connectivity index (χ2v) is 5.05. The van der Waals surface area contributed by atoms with E-state index in [9.17, 15) is 14.9 Å². The number of hydrogen-bond donors (Lipinski definition) is 1. The van der Waals surface area contributed by atoms with Gasteiger partial charge in [-0.15, -0.1) is 0 Å². The zero-order chi connectivity index (χ0) is 18.2. The van der Waals surface area contributed by atoms with Gasteiger partial charge in [-0.1, -0.05) is 6.07 Å². The molecule has 0 aliphatic heterocycles. The number of hydrogen-bond acceptors (Lipinski definition) is 6. The zero-order valence-corrected chi connectivity index (χ0v) is 14.1. The van der Waals surface area contributed by atoms with Gasteiger partial charge in [-0.3, -0.25) is 14.9 Å². The summed E-state index contributed by atoms with van der Waals surface area (Å²) in [6.45, 7) is 5.22. The van der Waals surface area contributed by atoms with E-state index in [0.717, 1.165) is 11.6 Å². The highest BCUT2D eigenvalue weighted by molar-refractivity contribution is 5.91. The molecule has 1 aromatic heterocycles. The summed E-state index contributed by atoms with van der Waals surface area (Å²) in [4.78, 5) is 21.8. The third-order valence-electron chi connectivity index (χ3n) is 3.30. The van der Waals surface area contributed by atoms with Crippen LogP contribution in [0.1, 0.15) is 30.0 Å². The van der Waals surface area contributed by atoms with E-state index in [0.29, 0.717) is 37.7 Å². The van der Waals surface area contributed by atoms with Crippen molar-refractivity contribution >= 4 is 11.8 Å². The molecule has 0 saturated heterocycles. The van der Waals surface area contributed by atoms with Crippen LogP contribution in [0.4, 0.5) is 5.88 Å². The lowest BCUT2D eigenvalue weighted by molar-refractivity contribution is -0.402. The molecule has 0 aliphatic rings. The van der Waals surface area contributed by atoms with Crippen LogP contribution in [0.3, 0.4) is 0 Å². The van der Waals surface area contributed by atoms with Crippen LogP contribution in [0.5, 0.6) is 11.5 Å². The second kappa shape index (κ2) is 8.72. The van der Waals surface area contributed by atoms with Crippen molar-refractivity contribution in [2.24, 2.45) is 0 Å². The predicted octanol–water partition coefficient (Wildman–Crippen LogP) is 2.96. The van der Waals surface area contributed by atoms with Gasteiger partial charge >= 0.3 is 5.88 Å². The lowest BCUT2D eigenvalue weighted by Crippen LogP contribution is -2.25. The number of benzene rings is 1. The van der Waals surface area contributed by atoms with E-state index < -0.39 is 16.7 Å². The van der Waals surface area contributed by atoms with Crippen molar-refractivity contribution in [2.75, 3.05) is 19.8 Å². The monoisotopic (exact) mass is 348 g/mol. The van der Waals surface area contributed by atoms with Crippen LogP contribution < -0.4 is 14.8 Å². The molecule has 1 aromatic carbocycles. The molecule has 0 aliphatic carbocycles. The molecule has 25 heavy (non-hydrogen) atoms. The smallest absolute Gasteiger partial charge is 0.433 e. The van der Waals surface area contributed by atoms with Crippen LogP contribution in [0.2, 0.25) is 0 Å². The molecule has 0 saturated carbocycles. The summed E-state index contributed by atoms with van der Waals surface area (Å²) in [7, 11) is 0. The minimum Gasteiger partial charge on any atom is -0.490 e. The number of ether oxygens (including phenoxy) is 2. The number of nitrogens with one attached hydrogen (secondary N) is 1. The second-order valence-electron chi connectivity index (χ2n) is 5.05. The fourth-order valence-corrected chi connectivity index (χ4v) is 2.21. The average molecular weight is 348 g/mol. The van der Waals surface area contributed by atoms with Crippen LogP contribution in [0, 0.1) is 10.1 Å². The van der Waals surface area contributed by atoms with Gasteiger partial charge in [0.25, 0.3) is 5.91 Å². The molecule has 0 bridgehead atoms. The highest BCUT2D eigenvalue weighted by Gasteiger charge is 2.16. The first-order valence-corrected chi connectivity index (χ1v) is 7.96. The van der Waals surface area contributed by atoms with Gasteiger partial charge in [0.2, 0.25) is 0 Å². The Morgan fingerprint density at radius 1 is 1.16 bits per heavy atom. The van der Waals surface area contributed by atoms with Crippen molar-refractivity contribution in [3.8, 4) is 11.5 Å². The van der Waals surface area contributed by atoms with E-state index in [4.69, 9.17) is 13.9 Å². The lowest BCUT2D eigenvalue weighted by Gasteiger charge is -2.12. The fraction of sp³-hybridized carbons (Fsp3) is 0.353. The standard InChI is InChI=1S/C17H20N2O6/c1-3-23-13-6-5-12(11-15(13)24-4-2)9-10-18-17(20)14-7-8-16(25-14)19(21)22/h5-8,11H,3-4,9-10H2,1-2H3,(H,18,20). The van der Waals surface area contributed by atoms with Crippen molar-refractivity contribution in [3.63, 3.8) is 0 Å². The molecule has 0 atom stereocenters. The maximum Gasteiger partial charge on any atom is 0.433 e. The molecule has 8 heteroatoms. The number of carbonyl (C=O) groups excluding carboxylic acids is 1. The summed E-state index contributed by atoms with van der Waals surface area (Å²) < 4.78 is 15.9. The van der Waals surface area contributed by atoms with Crippen LogP contribution in [-0.4, -0.2) is 30.6 Å². The molecule has 2 aromatic rings. The van der Waals surface area contributed by atoms with E-state index in [1.807, 2.05) is 32.0 Å². The largest absolute Gasteiger partial charge is 0.490 e. The van der Waals surface area contributed by atoms with Crippen molar-refractivity contribution < 1.29 is 23.6 Å². The van der Waals surface area contributed by atoms with Crippen molar-refractivity contribution in [1.82, 2.24) is 5.32 Å². The van der Waals surface area contributed by atoms with E-state index in [2.05, 4.69) is 5.32 Å². The van der Waals surface area contributed by atoms with Gasteiger partial charge in [-0.05, 0) is 44.0 Å². The first kappa shape index (κ1) is 18.3. The molecule has 0 spiro atoms. The molecule has 0 fully saturated rings. The van der Waals surface area contributed by atoms with Crippen LogP contribution in [0.15, 0.2) is 34.7 Å². The topological polar surface area (TPSA) is 104 Å². The van der Waals surface area contributed by atoms with Crippen LogP contribution in [-0.2, 0) is 6.42 Å². The fourth-order valence-electron chi connectivity index (χ4n) is 2.21. The van der Waals surface area contributed by atoms with E-state index in [-0.39, 0.29) is 5.76 Å². The zero-order valence-electron chi connectivity index (χ0n) is 14.1. The Balaban J connectivity index is 1.93. The Kier molecular flexibility index (Phi) is 6.39. The Hall–Kier alpha value is -3.03. The number of furan rings is 1. The highest BCUT2D eigenvalue weighted by atomic mass is 16.6. The minimum absolute atomic E-state index is 0.0894. The van der Waals surface area contributed by atoms with E-state index >= 15 is 0 Å². The Labute approximate surface area is 144 Å². The van der Waals surface area contributed by atoms with E-state index in [1.165, 1.54) is 6.07 Å². The summed E-state index contributed by atoms with van der Waals surface area (Å²) in [6.07, 6.45) is 0.570. The summed E-state index contributed by atoms with van der Waals surface area (Å²) in [6, 6.07) is 8.03. The van der Waals surface area contributed by atoms with Crippen molar-refractivity contribution in [2.45, 2.75) is 20.3 Å². The summed E-state index contributed by atoms with van der Waals surface area (Å²) in [5.74, 6) is 0.297. The van der Waals surface area contributed by atoms with Crippen molar-refractivity contribution in [1.29, 1.82) is 0 Å². The first-order valence-electron chi connectivity index (χ1n) is 7.96. The number of amides is 1. The van der Waals surface area contributed by atoms with Gasteiger partial charge in [-0.2, -0.15) is 0 Å². The number of carbonyl (C=O) groups is 1. The van der Waals surface area contributed by atoms with Gasteiger partial charge in [0.05, 0.1) is 19.3 Å². The van der Waals surface area contributed by atoms with E-state index in [1.54, 1.807) is 0 Å². The lowest BCUT2D eigenvalue weighted by atomic mass is 10.1. The summed E-state index contributed by atoms with van der Waals surface area (Å²) >= 11 is 0. The molecule has 1 heterocycles. The molecular weight excluding hydrogens is 328 g/mol. The quantitative estimate of drug-likeness (QED) is 0.552. The Bertz CT molecular complexity index is 740. The minimum atomic E-state index is -0.689. The molecule has 0 unspecified atom stereocenters. The molecule has 134 valence electrons. The maximum atomic E-state index is 11.9. The molecule has 2 rings (SSSR count). The Morgan fingerprint density at radius 3 is 2.52 bits per heavy atom. The predicted molar refractivity (Wildman–Crippen MR) is 90.2 cm³/mol. The molecule has 8 nitrogen and oxygen atoms in total. The molecular formula is C17H20N2O6. The third kappa shape index (κ3) is 4.97. The van der Waals surface area contributed by atoms with Crippen molar-refractivity contribution in [3.05, 3.63) is 51.8 Å². The molecule has 0 radical (unpaired) electrons. The summed E-state index contributed by atoms with van der Waals surface area (Å²) in [5.41, 5.74) is 0.970. The first-order chi connectivity index (χ1) is 12.0. The molecule has 1 N–H and O–H groups in total. The normalized spacial score (nSPS) is 10.3. The van der Waals surface area contributed by atoms with Crippen LogP contribution >= 0.6 is 0 Å². The summed E-state index contributed by atoms with van der Waals surface area (Å²) in [5, 5.41) is 13.2. The maximum absolute atomic E-state index is 11.9. The van der Waals surface area contributed by atoms with Gasteiger partial charge in [-0.25, -0.2) is 0 Å². The molecule has 1 amide bonds. The van der Waals surface area contributed by atoms with Gasteiger partial charge in [0.15, 0.2) is 17.3 Å². The van der Waals surface area contributed by atoms with Gasteiger partial charge < -0.3 is 19.2 Å². The van der Waals surface area contributed by atoms with Gasteiger partial charge in [0.1, 0.15) is 4.92 Å². The SMILES string of the molecule is CCOc1ccc(CCNC(=O)c2ccc([N+](=O)[O-])o2)cc1OCC. The number of rotatable bonds is 9. The number of nitrogens with zero attached hydrogens (tertiary/aromatic N) is 1. The van der Waals surface area contributed by atoms with Crippen LogP contribution in [0.25, 0.3) is 0 Å². The Morgan fingerprint density at radius 2 is 1.88 bits per heavy atom. The highest BCUT2D eigenvalue weighted by Crippen LogP contribution is 2.28. The van der Waals surface area contributed by atoms with Gasteiger partial charge in [0, 0.05) is 6.54 Å². The average Bonchev–Trinajstić information content (AvgIpc) is 3.08. The number of nitro groups is 1.